The highest BCUT2D eigenvalue weighted by Gasteiger charge is 2.26. The highest BCUT2D eigenvalue weighted by Crippen LogP contribution is 2.24. The minimum absolute atomic E-state index is 0.494. The van der Waals surface area contributed by atoms with Crippen LogP contribution in [-0.2, 0) is 13.6 Å². The van der Waals surface area contributed by atoms with Gasteiger partial charge in [0.2, 0.25) is 0 Å². The van der Waals surface area contributed by atoms with E-state index in [0.29, 0.717) is 5.15 Å². The first-order chi connectivity index (χ1) is 9.04. The molecule has 102 valence electrons. The maximum atomic E-state index is 6.20. The molecule has 3 heterocycles. The first kappa shape index (κ1) is 12.8. The Morgan fingerprint density at radius 1 is 1.26 bits per heavy atom. The molecule has 1 saturated heterocycles. The number of nitrogens with zero attached hydrogens (tertiary/aromatic N) is 5. The van der Waals surface area contributed by atoms with Crippen molar-refractivity contribution >= 4 is 22.6 Å². The van der Waals surface area contributed by atoms with E-state index in [9.17, 15) is 0 Å². The number of hydrogen-bond donors (Lipinski definition) is 0. The van der Waals surface area contributed by atoms with Crippen LogP contribution in [0, 0.1) is 11.8 Å². The summed E-state index contributed by atoms with van der Waals surface area (Å²) >= 11 is 6.20. The molecule has 0 aromatic carbocycles. The Kier molecular flexibility index (Phi) is 3.19. The molecule has 19 heavy (non-hydrogen) atoms. The van der Waals surface area contributed by atoms with Crippen molar-refractivity contribution < 1.29 is 0 Å². The summed E-state index contributed by atoms with van der Waals surface area (Å²) in [6.45, 7) is 7.55. The predicted molar refractivity (Wildman–Crippen MR) is 74.9 cm³/mol. The lowest BCUT2D eigenvalue weighted by molar-refractivity contribution is 0.308. The number of aromatic nitrogens is 4. The average Bonchev–Trinajstić information content (AvgIpc) is 2.85. The summed E-state index contributed by atoms with van der Waals surface area (Å²) in [5.74, 6) is 2.24. The van der Waals surface area contributed by atoms with E-state index in [1.807, 2.05) is 7.05 Å². The van der Waals surface area contributed by atoms with Crippen LogP contribution in [0.4, 0.5) is 0 Å². The molecule has 3 rings (SSSR count). The van der Waals surface area contributed by atoms with E-state index in [4.69, 9.17) is 11.6 Å². The van der Waals surface area contributed by atoms with Crippen LogP contribution in [0.2, 0.25) is 5.15 Å². The van der Waals surface area contributed by atoms with Gasteiger partial charge in [0.1, 0.15) is 11.0 Å². The summed E-state index contributed by atoms with van der Waals surface area (Å²) < 4.78 is 1.74. The Labute approximate surface area is 117 Å². The zero-order chi connectivity index (χ0) is 13.6. The summed E-state index contributed by atoms with van der Waals surface area (Å²) in [6.07, 6.45) is 1.71. The SMILES string of the molecule is CC1CN(Cc2nc(Cl)c3cnn(C)c3n2)CC1C. The zero-order valence-corrected chi connectivity index (χ0v) is 12.2. The van der Waals surface area contributed by atoms with Gasteiger partial charge in [-0.25, -0.2) is 9.97 Å². The van der Waals surface area contributed by atoms with Crippen molar-refractivity contribution in [3.05, 3.63) is 17.2 Å². The second-order valence-corrected chi connectivity index (χ2v) is 5.94. The average molecular weight is 280 g/mol. The third-order valence-electron chi connectivity index (χ3n) is 4.02. The summed E-state index contributed by atoms with van der Waals surface area (Å²) in [5, 5.41) is 5.48. The van der Waals surface area contributed by atoms with Gasteiger partial charge in [-0.15, -0.1) is 0 Å². The maximum Gasteiger partial charge on any atom is 0.162 e. The topological polar surface area (TPSA) is 46.8 Å². The molecular weight excluding hydrogens is 262 g/mol. The third-order valence-corrected chi connectivity index (χ3v) is 4.31. The molecule has 2 atom stereocenters. The molecule has 1 aliphatic rings. The van der Waals surface area contributed by atoms with E-state index >= 15 is 0 Å². The number of likely N-dealkylation sites (tertiary alicyclic amines) is 1. The normalized spacial score (nSPS) is 24.4. The lowest BCUT2D eigenvalue weighted by Crippen LogP contribution is -2.21. The fraction of sp³-hybridized carbons (Fsp3) is 0.615. The molecule has 0 spiro atoms. The molecule has 0 aliphatic carbocycles. The lowest BCUT2D eigenvalue weighted by atomic mass is 10.0. The number of rotatable bonds is 2. The summed E-state index contributed by atoms with van der Waals surface area (Å²) in [6, 6.07) is 0. The molecule has 2 aromatic heterocycles. The van der Waals surface area contributed by atoms with Crippen LogP contribution in [0.1, 0.15) is 19.7 Å². The Balaban J connectivity index is 1.87. The van der Waals surface area contributed by atoms with Gasteiger partial charge >= 0.3 is 0 Å². The summed E-state index contributed by atoms with van der Waals surface area (Å²) in [4.78, 5) is 11.4. The van der Waals surface area contributed by atoms with Gasteiger partial charge < -0.3 is 0 Å². The fourth-order valence-corrected chi connectivity index (χ4v) is 2.91. The van der Waals surface area contributed by atoms with Crippen molar-refractivity contribution in [1.29, 1.82) is 0 Å². The summed E-state index contributed by atoms with van der Waals surface area (Å²) in [7, 11) is 1.87. The minimum Gasteiger partial charge on any atom is -0.295 e. The lowest BCUT2D eigenvalue weighted by Gasteiger charge is -2.14. The van der Waals surface area contributed by atoms with Gasteiger partial charge in [0.25, 0.3) is 0 Å². The van der Waals surface area contributed by atoms with Crippen LogP contribution in [-0.4, -0.2) is 37.7 Å². The standard InChI is InChI=1S/C13H18ClN5/c1-8-5-19(6-9(8)2)7-11-16-12(14)10-4-15-18(3)13(10)17-11/h4,8-9H,5-7H2,1-3H3. The van der Waals surface area contributed by atoms with E-state index in [1.165, 1.54) is 0 Å². The van der Waals surface area contributed by atoms with Gasteiger partial charge in [-0.1, -0.05) is 25.4 Å². The molecule has 1 fully saturated rings. The summed E-state index contributed by atoms with van der Waals surface area (Å²) in [5.41, 5.74) is 0.801. The Bertz CT molecular complexity index is 598. The van der Waals surface area contributed by atoms with Crippen LogP contribution >= 0.6 is 11.6 Å². The second-order valence-electron chi connectivity index (χ2n) is 5.58. The van der Waals surface area contributed by atoms with Crippen molar-refractivity contribution in [2.24, 2.45) is 18.9 Å². The van der Waals surface area contributed by atoms with Crippen LogP contribution in [0.5, 0.6) is 0 Å². The molecule has 0 bridgehead atoms. The Hall–Kier alpha value is -1.20. The molecule has 0 saturated carbocycles. The molecule has 6 heteroatoms. The molecule has 2 aromatic rings. The van der Waals surface area contributed by atoms with Gasteiger partial charge in [0, 0.05) is 20.1 Å². The monoisotopic (exact) mass is 279 g/mol. The highest BCUT2D eigenvalue weighted by atomic mass is 35.5. The number of halogens is 1. The van der Waals surface area contributed by atoms with Crippen LogP contribution in [0.3, 0.4) is 0 Å². The van der Waals surface area contributed by atoms with Crippen molar-refractivity contribution in [1.82, 2.24) is 24.6 Å². The van der Waals surface area contributed by atoms with Crippen LogP contribution in [0.15, 0.2) is 6.20 Å². The molecule has 1 aliphatic heterocycles. The molecule has 5 nitrogen and oxygen atoms in total. The van der Waals surface area contributed by atoms with Crippen molar-refractivity contribution in [3.63, 3.8) is 0 Å². The van der Waals surface area contributed by atoms with E-state index in [-0.39, 0.29) is 0 Å². The molecule has 2 unspecified atom stereocenters. The fourth-order valence-electron chi connectivity index (χ4n) is 2.68. The highest BCUT2D eigenvalue weighted by molar-refractivity contribution is 6.33. The van der Waals surface area contributed by atoms with E-state index < -0.39 is 0 Å². The van der Waals surface area contributed by atoms with Crippen molar-refractivity contribution in [2.75, 3.05) is 13.1 Å². The Morgan fingerprint density at radius 2 is 1.95 bits per heavy atom. The first-order valence-electron chi connectivity index (χ1n) is 6.61. The van der Waals surface area contributed by atoms with E-state index in [0.717, 1.165) is 48.3 Å². The second kappa shape index (κ2) is 4.72. The molecule has 0 amide bonds. The van der Waals surface area contributed by atoms with Gasteiger partial charge in [-0.3, -0.25) is 9.58 Å². The molecular formula is C13H18ClN5. The van der Waals surface area contributed by atoms with Gasteiger partial charge in [0.05, 0.1) is 18.1 Å². The van der Waals surface area contributed by atoms with E-state index in [1.54, 1.807) is 10.9 Å². The zero-order valence-electron chi connectivity index (χ0n) is 11.5. The molecule has 0 N–H and O–H groups in total. The van der Waals surface area contributed by atoms with Crippen LogP contribution in [0.25, 0.3) is 11.0 Å². The number of aryl methyl sites for hydroxylation is 1. The largest absolute Gasteiger partial charge is 0.295 e. The Morgan fingerprint density at radius 3 is 2.63 bits per heavy atom. The van der Waals surface area contributed by atoms with Gasteiger partial charge in [0.15, 0.2) is 5.65 Å². The minimum atomic E-state index is 0.494. The van der Waals surface area contributed by atoms with Crippen molar-refractivity contribution in [3.8, 4) is 0 Å². The van der Waals surface area contributed by atoms with Gasteiger partial charge in [-0.05, 0) is 11.8 Å². The third kappa shape index (κ3) is 2.32. The number of fused-ring (bicyclic) bond motifs is 1. The molecule has 0 radical (unpaired) electrons. The number of hydrogen-bond acceptors (Lipinski definition) is 4. The predicted octanol–water partition coefficient (Wildman–Crippen LogP) is 2.10. The smallest absolute Gasteiger partial charge is 0.162 e. The first-order valence-corrected chi connectivity index (χ1v) is 6.99. The van der Waals surface area contributed by atoms with Crippen LogP contribution < -0.4 is 0 Å². The quantitative estimate of drug-likeness (QED) is 0.790. The maximum absolute atomic E-state index is 6.20. The van der Waals surface area contributed by atoms with E-state index in [2.05, 4.69) is 33.8 Å². The van der Waals surface area contributed by atoms with Gasteiger partial charge in [-0.2, -0.15) is 5.10 Å². The van der Waals surface area contributed by atoms with Crippen molar-refractivity contribution in [2.45, 2.75) is 20.4 Å².